The molecule has 1 saturated carbocycles. The van der Waals surface area contributed by atoms with Crippen molar-refractivity contribution >= 4 is 17.5 Å². The maximum atomic E-state index is 13.4. The van der Waals surface area contributed by atoms with Gasteiger partial charge in [0.25, 0.3) is 5.91 Å². The lowest BCUT2D eigenvalue weighted by molar-refractivity contribution is -0.118. The third-order valence-electron chi connectivity index (χ3n) is 6.60. The van der Waals surface area contributed by atoms with Gasteiger partial charge >= 0.3 is 0 Å². The average Bonchev–Trinajstić information content (AvgIpc) is 3.55. The summed E-state index contributed by atoms with van der Waals surface area (Å²) in [5.41, 5.74) is 4.16. The van der Waals surface area contributed by atoms with Crippen molar-refractivity contribution in [2.24, 2.45) is 0 Å². The van der Waals surface area contributed by atoms with E-state index < -0.39 is 5.41 Å². The minimum atomic E-state index is -0.583. The summed E-state index contributed by atoms with van der Waals surface area (Å²) in [5, 5.41) is 12.4. The summed E-state index contributed by atoms with van der Waals surface area (Å²) in [6.07, 6.45) is 1.77. The Labute approximate surface area is 205 Å². The average molecular weight is 470 g/mol. The van der Waals surface area contributed by atoms with Crippen molar-refractivity contribution in [1.82, 2.24) is 4.90 Å². The standard InChI is InChI=1S/C28H25N3O4.H2/c1-31(2)26(32)20-5-3-18(4-6-20)23-16-22(9-7-19(23)11-14-29)30-27(33)28(12-13-28)21-8-10-24-25(15-21)35-17-34-24;/h3-10,15-16H,11-13,17H2,1-2H3,(H,30,33);1H. The second kappa shape index (κ2) is 8.80. The first kappa shape index (κ1) is 22.5. The van der Waals surface area contributed by atoms with Crippen molar-refractivity contribution in [2.75, 3.05) is 26.2 Å². The predicted octanol–water partition coefficient (Wildman–Crippen LogP) is 4.77. The molecule has 2 aliphatic rings. The van der Waals surface area contributed by atoms with Crippen LogP contribution in [-0.2, 0) is 16.6 Å². The quantitative estimate of drug-likeness (QED) is 0.562. The van der Waals surface area contributed by atoms with Crippen LogP contribution < -0.4 is 14.8 Å². The van der Waals surface area contributed by atoms with Crippen molar-refractivity contribution < 1.29 is 20.5 Å². The molecule has 0 unspecified atom stereocenters. The van der Waals surface area contributed by atoms with Gasteiger partial charge in [0.2, 0.25) is 12.7 Å². The van der Waals surface area contributed by atoms with Crippen LogP contribution >= 0.6 is 0 Å². The summed E-state index contributed by atoms with van der Waals surface area (Å²) in [6, 6.07) is 20.8. The van der Waals surface area contributed by atoms with Crippen molar-refractivity contribution in [3.8, 4) is 28.7 Å². The van der Waals surface area contributed by atoms with Gasteiger partial charge in [-0.25, -0.2) is 0 Å². The van der Waals surface area contributed by atoms with E-state index in [2.05, 4.69) is 11.4 Å². The summed E-state index contributed by atoms with van der Waals surface area (Å²) >= 11 is 0. The highest BCUT2D eigenvalue weighted by molar-refractivity contribution is 6.02. The zero-order valence-electron chi connectivity index (χ0n) is 19.6. The highest BCUT2D eigenvalue weighted by Crippen LogP contribution is 2.51. The van der Waals surface area contributed by atoms with E-state index in [0.717, 1.165) is 35.1 Å². The summed E-state index contributed by atoms with van der Waals surface area (Å²) in [6.45, 7) is 0.195. The first-order valence-electron chi connectivity index (χ1n) is 11.4. The van der Waals surface area contributed by atoms with Crippen LogP contribution in [0, 0.1) is 11.3 Å². The molecule has 0 aromatic heterocycles. The zero-order valence-corrected chi connectivity index (χ0v) is 19.6. The molecule has 0 saturated heterocycles. The smallest absolute Gasteiger partial charge is 0.253 e. The Morgan fingerprint density at radius 3 is 2.46 bits per heavy atom. The van der Waals surface area contributed by atoms with Crippen LogP contribution in [0.25, 0.3) is 11.1 Å². The third-order valence-corrected chi connectivity index (χ3v) is 6.60. The van der Waals surface area contributed by atoms with Gasteiger partial charge in [-0.3, -0.25) is 9.59 Å². The number of fused-ring (bicyclic) bond motifs is 1. The SMILES string of the molecule is CN(C)C(=O)c1ccc(-c2cc(NC(=O)C3(c4ccc5c(c4)OCO5)CC3)ccc2CC#N)cc1.[HH]. The lowest BCUT2D eigenvalue weighted by Crippen LogP contribution is -2.27. The molecule has 0 atom stereocenters. The van der Waals surface area contributed by atoms with Crippen LogP contribution in [0.3, 0.4) is 0 Å². The molecule has 5 rings (SSSR count). The summed E-state index contributed by atoms with van der Waals surface area (Å²) < 4.78 is 10.9. The third kappa shape index (κ3) is 4.19. The molecule has 1 heterocycles. The number of nitriles is 1. The molecule has 35 heavy (non-hydrogen) atoms. The van der Waals surface area contributed by atoms with Gasteiger partial charge in [0.15, 0.2) is 11.5 Å². The number of carbonyl (C=O) groups excluding carboxylic acids is 2. The highest BCUT2D eigenvalue weighted by atomic mass is 16.7. The van der Waals surface area contributed by atoms with E-state index in [4.69, 9.17) is 9.47 Å². The van der Waals surface area contributed by atoms with E-state index in [1.54, 1.807) is 26.2 Å². The molecule has 7 heteroatoms. The normalized spacial score (nSPS) is 14.7. The van der Waals surface area contributed by atoms with Gasteiger partial charge in [0.05, 0.1) is 17.9 Å². The van der Waals surface area contributed by atoms with Gasteiger partial charge in [-0.1, -0.05) is 24.3 Å². The van der Waals surface area contributed by atoms with Crippen molar-refractivity contribution in [3.05, 3.63) is 77.4 Å². The molecule has 3 aromatic carbocycles. The van der Waals surface area contributed by atoms with E-state index in [-0.39, 0.29) is 26.5 Å². The van der Waals surface area contributed by atoms with Crippen LogP contribution in [0.15, 0.2) is 60.7 Å². The Balaban J connectivity index is 0.00000304. The molecule has 7 nitrogen and oxygen atoms in total. The Bertz CT molecular complexity index is 1360. The predicted molar refractivity (Wildman–Crippen MR) is 133 cm³/mol. The molecule has 1 fully saturated rings. The van der Waals surface area contributed by atoms with Crippen molar-refractivity contribution in [3.63, 3.8) is 0 Å². The molecule has 2 amide bonds. The number of ether oxygens (including phenoxy) is 2. The van der Waals surface area contributed by atoms with Crippen molar-refractivity contribution in [1.29, 1.82) is 5.26 Å². The Kier molecular flexibility index (Phi) is 5.65. The first-order valence-corrected chi connectivity index (χ1v) is 11.4. The number of carbonyl (C=O) groups is 2. The summed E-state index contributed by atoms with van der Waals surface area (Å²) in [5.74, 6) is 1.22. The van der Waals surface area contributed by atoms with Gasteiger partial charge in [-0.15, -0.1) is 0 Å². The maximum absolute atomic E-state index is 13.4. The number of hydrogen-bond donors (Lipinski definition) is 1. The van der Waals surface area contributed by atoms with Gasteiger partial charge < -0.3 is 19.7 Å². The molecule has 1 aliphatic heterocycles. The number of rotatable bonds is 6. The molecule has 0 spiro atoms. The lowest BCUT2D eigenvalue weighted by Gasteiger charge is -2.18. The molecular formula is C28H27N3O4. The van der Waals surface area contributed by atoms with Crippen LogP contribution in [0.5, 0.6) is 11.5 Å². The van der Waals surface area contributed by atoms with Crippen LogP contribution in [0.4, 0.5) is 5.69 Å². The highest BCUT2D eigenvalue weighted by Gasteiger charge is 2.51. The zero-order chi connectivity index (χ0) is 24.6. The second-order valence-electron chi connectivity index (χ2n) is 9.09. The molecule has 1 aliphatic carbocycles. The minimum absolute atomic E-state index is 0. The van der Waals surface area contributed by atoms with Crippen LogP contribution in [0.1, 0.15) is 35.8 Å². The van der Waals surface area contributed by atoms with E-state index >= 15 is 0 Å². The summed E-state index contributed by atoms with van der Waals surface area (Å²) in [7, 11) is 3.42. The van der Waals surface area contributed by atoms with Gasteiger partial charge in [-0.05, 0) is 71.5 Å². The molecule has 3 aromatic rings. The van der Waals surface area contributed by atoms with E-state index in [0.29, 0.717) is 22.7 Å². The Morgan fingerprint density at radius 1 is 1.03 bits per heavy atom. The number of amides is 2. The number of nitrogens with one attached hydrogen (secondary N) is 1. The van der Waals surface area contributed by atoms with Gasteiger partial charge in [0.1, 0.15) is 0 Å². The fourth-order valence-corrected chi connectivity index (χ4v) is 4.43. The lowest BCUT2D eigenvalue weighted by atomic mass is 9.93. The van der Waals surface area contributed by atoms with Crippen LogP contribution in [0.2, 0.25) is 0 Å². The monoisotopic (exact) mass is 469 g/mol. The van der Waals surface area contributed by atoms with E-state index in [9.17, 15) is 14.9 Å². The van der Waals surface area contributed by atoms with Gasteiger partial charge in [0, 0.05) is 26.8 Å². The topological polar surface area (TPSA) is 91.7 Å². The van der Waals surface area contributed by atoms with Gasteiger partial charge in [-0.2, -0.15) is 5.26 Å². The first-order chi connectivity index (χ1) is 16.9. The number of hydrogen-bond acceptors (Lipinski definition) is 5. The van der Waals surface area contributed by atoms with Crippen molar-refractivity contribution in [2.45, 2.75) is 24.7 Å². The number of nitrogens with zero attached hydrogens (tertiary/aromatic N) is 2. The van der Waals surface area contributed by atoms with E-state index in [1.807, 2.05) is 48.5 Å². The van der Waals surface area contributed by atoms with E-state index in [1.165, 1.54) is 4.90 Å². The molecule has 178 valence electrons. The molecule has 0 bridgehead atoms. The fourth-order valence-electron chi connectivity index (χ4n) is 4.43. The van der Waals surface area contributed by atoms with Crippen LogP contribution in [-0.4, -0.2) is 37.6 Å². The maximum Gasteiger partial charge on any atom is 0.253 e. The Hall–Kier alpha value is -4.31. The number of benzene rings is 3. The Morgan fingerprint density at radius 2 is 1.77 bits per heavy atom. The largest absolute Gasteiger partial charge is 0.454 e. The fraction of sp³-hybridized carbons (Fsp3) is 0.250. The molecule has 1 N–H and O–H groups in total. The molecule has 0 radical (unpaired) electrons. The minimum Gasteiger partial charge on any atom is -0.454 e. The molecular weight excluding hydrogens is 442 g/mol. The summed E-state index contributed by atoms with van der Waals surface area (Å²) in [4.78, 5) is 27.1. The number of anilines is 1. The second-order valence-corrected chi connectivity index (χ2v) is 9.09.